The fourth-order valence-electron chi connectivity index (χ4n) is 2.87. The molecule has 3 heteroatoms. The molecule has 1 aromatic rings. The van der Waals surface area contributed by atoms with Crippen molar-refractivity contribution in [3.05, 3.63) is 34.6 Å². The maximum absolute atomic E-state index is 13.5. The van der Waals surface area contributed by atoms with Gasteiger partial charge in [0.25, 0.3) is 0 Å². The molecule has 1 fully saturated rings. The molecular formula is C15H21ClFN. The van der Waals surface area contributed by atoms with E-state index in [-0.39, 0.29) is 21.8 Å². The van der Waals surface area contributed by atoms with Gasteiger partial charge in [0, 0.05) is 5.54 Å². The maximum Gasteiger partial charge on any atom is 0.142 e. The Kier molecular flexibility index (Phi) is 3.70. The van der Waals surface area contributed by atoms with E-state index in [1.165, 1.54) is 12.5 Å². The standard InChI is InChI=1S/C15H21ClFN/c1-14(2,3)15(8-5-9-18-15)10-11-6-4-7-12(17)13(11)16/h4,6-7,18H,5,8-10H2,1-3H3. The van der Waals surface area contributed by atoms with Gasteiger partial charge in [-0.3, -0.25) is 0 Å². The first-order chi connectivity index (χ1) is 8.36. The van der Waals surface area contributed by atoms with Crippen LogP contribution in [0.3, 0.4) is 0 Å². The Balaban J connectivity index is 2.33. The molecule has 1 aliphatic heterocycles. The third-order valence-electron chi connectivity index (χ3n) is 4.20. The van der Waals surface area contributed by atoms with Crippen LogP contribution >= 0.6 is 11.6 Å². The minimum absolute atomic E-state index is 0.0183. The van der Waals surface area contributed by atoms with Crippen molar-refractivity contribution in [2.75, 3.05) is 6.54 Å². The summed E-state index contributed by atoms with van der Waals surface area (Å²) in [5.74, 6) is -0.323. The van der Waals surface area contributed by atoms with E-state index in [2.05, 4.69) is 26.1 Å². The molecule has 1 heterocycles. The highest BCUT2D eigenvalue weighted by Crippen LogP contribution is 2.41. The monoisotopic (exact) mass is 269 g/mol. The van der Waals surface area contributed by atoms with Crippen molar-refractivity contribution >= 4 is 11.6 Å². The number of benzene rings is 1. The second kappa shape index (κ2) is 4.82. The second-order valence-corrected chi connectivity index (χ2v) is 6.63. The number of nitrogens with one attached hydrogen (secondary N) is 1. The normalized spacial score (nSPS) is 24.5. The summed E-state index contributed by atoms with van der Waals surface area (Å²) in [7, 11) is 0. The van der Waals surface area contributed by atoms with Crippen molar-refractivity contribution < 1.29 is 4.39 Å². The Bertz CT molecular complexity index is 431. The van der Waals surface area contributed by atoms with E-state index in [9.17, 15) is 4.39 Å². The van der Waals surface area contributed by atoms with Crippen molar-refractivity contribution in [3.63, 3.8) is 0 Å². The largest absolute Gasteiger partial charge is 0.310 e. The summed E-state index contributed by atoms with van der Waals surface area (Å²) in [6.45, 7) is 7.74. The molecule has 1 aliphatic rings. The first-order valence-electron chi connectivity index (χ1n) is 6.54. The molecule has 1 saturated heterocycles. The summed E-state index contributed by atoms with van der Waals surface area (Å²) in [6, 6.07) is 5.08. The number of hydrogen-bond donors (Lipinski definition) is 1. The number of rotatable bonds is 2. The van der Waals surface area contributed by atoms with Crippen LogP contribution in [-0.2, 0) is 6.42 Å². The molecule has 18 heavy (non-hydrogen) atoms. The van der Waals surface area contributed by atoms with Gasteiger partial charge in [-0.2, -0.15) is 0 Å². The average molecular weight is 270 g/mol. The molecule has 1 nitrogen and oxygen atoms in total. The van der Waals surface area contributed by atoms with Gasteiger partial charge in [0.05, 0.1) is 5.02 Å². The molecule has 0 aliphatic carbocycles. The molecule has 100 valence electrons. The van der Waals surface area contributed by atoms with Crippen LogP contribution < -0.4 is 5.32 Å². The molecule has 1 unspecified atom stereocenters. The van der Waals surface area contributed by atoms with E-state index < -0.39 is 0 Å². The zero-order chi connectivity index (χ0) is 13.4. The molecule has 0 spiro atoms. The van der Waals surface area contributed by atoms with Crippen LogP contribution in [-0.4, -0.2) is 12.1 Å². The third-order valence-corrected chi connectivity index (χ3v) is 4.63. The summed E-state index contributed by atoms with van der Waals surface area (Å²) in [5, 5.41) is 3.90. The van der Waals surface area contributed by atoms with Gasteiger partial charge in [-0.1, -0.05) is 44.5 Å². The molecule has 0 amide bonds. The lowest BCUT2D eigenvalue weighted by Gasteiger charge is -2.42. The predicted octanol–water partition coefficient (Wildman–Crippen LogP) is 4.19. The molecule has 1 atom stereocenters. The molecule has 2 rings (SSSR count). The highest BCUT2D eigenvalue weighted by atomic mass is 35.5. The SMILES string of the molecule is CC(C)(C)C1(Cc2cccc(F)c2Cl)CCCN1. The van der Waals surface area contributed by atoms with Gasteiger partial charge < -0.3 is 5.32 Å². The summed E-state index contributed by atoms with van der Waals surface area (Å²) in [5.41, 5.74) is 1.05. The molecule has 1 aromatic carbocycles. The first kappa shape index (κ1) is 13.8. The minimum atomic E-state index is -0.323. The third kappa shape index (κ3) is 2.41. The van der Waals surface area contributed by atoms with Crippen molar-refractivity contribution in [1.29, 1.82) is 0 Å². The topological polar surface area (TPSA) is 12.0 Å². The number of hydrogen-bond acceptors (Lipinski definition) is 1. The Morgan fingerprint density at radius 1 is 1.39 bits per heavy atom. The highest BCUT2D eigenvalue weighted by Gasteiger charge is 2.44. The zero-order valence-corrected chi connectivity index (χ0v) is 12.1. The maximum atomic E-state index is 13.5. The van der Waals surface area contributed by atoms with Gasteiger partial charge in [0.1, 0.15) is 5.82 Å². The lowest BCUT2D eigenvalue weighted by atomic mass is 9.69. The van der Waals surface area contributed by atoms with Crippen LogP contribution in [0.5, 0.6) is 0 Å². The predicted molar refractivity (Wildman–Crippen MR) is 74.5 cm³/mol. The molecule has 0 saturated carbocycles. The molecule has 0 radical (unpaired) electrons. The van der Waals surface area contributed by atoms with Crippen LogP contribution in [0.2, 0.25) is 5.02 Å². The van der Waals surface area contributed by atoms with Crippen LogP contribution in [0.1, 0.15) is 39.2 Å². The van der Waals surface area contributed by atoms with Gasteiger partial charge in [0.15, 0.2) is 0 Å². The molecule has 0 bridgehead atoms. The Morgan fingerprint density at radius 2 is 2.11 bits per heavy atom. The zero-order valence-electron chi connectivity index (χ0n) is 11.3. The Morgan fingerprint density at radius 3 is 2.67 bits per heavy atom. The summed E-state index contributed by atoms with van der Waals surface area (Å²) in [4.78, 5) is 0. The van der Waals surface area contributed by atoms with Crippen molar-refractivity contribution in [1.82, 2.24) is 5.32 Å². The lowest BCUT2D eigenvalue weighted by Crippen LogP contribution is -2.52. The quantitative estimate of drug-likeness (QED) is 0.849. The Hall–Kier alpha value is -0.600. The summed E-state index contributed by atoms with van der Waals surface area (Å²) >= 11 is 6.08. The fourth-order valence-corrected chi connectivity index (χ4v) is 3.07. The van der Waals surface area contributed by atoms with E-state index in [0.29, 0.717) is 0 Å². The fraction of sp³-hybridized carbons (Fsp3) is 0.600. The van der Waals surface area contributed by atoms with Gasteiger partial charge >= 0.3 is 0 Å². The van der Waals surface area contributed by atoms with Crippen molar-refractivity contribution in [2.45, 2.75) is 45.6 Å². The van der Waals surface area contributed by atoms with Gasteiger partial charge in [-0.05, 0) is 42.9 Å². The number of halogens is 2. The van der Waals surface area contributed by atoms with Crippen LogP contribution in [0.4, 0.5) is 4.39 Å². The van der Waals surface area contributed by atoms with E-state index >= 15 is 0 Å². The Labute approximate surface area is 114 Å². The average Bonchev–Trinajstić information content (AvgIpc) is 2.74. The molecule has 1 N–H and O–H groups in total. The molecule has 0 aromatic heterocycles. The summed E-state index contributed by atoms with van der Waals surface area (Å²) in [6.07, 6.45) is 3.07. The van der Waals surface area contributed by atoms with E-state index in [1.54, 1.807) is 6.07 Å². The van der Waals surface area contributed by atoms with Gasteiger partial charge in [-0.15, -0.1) is 0 Å². The van der Waals surface area contributed by atoms with Gasteiger partial charge in [-0.25, -0.2) is 4.39 Å². The van der Waals surface area contributed by atoms with Crippen LogP contribution in [0, 0.1) is 11.2 Å². The summed E-state index contributed by atoms with van der Waals surface area (Å²) < 4.78 is 13.5. The van der Waals surface area contributed by atoms with E-state index in [0.717, 1.165) is 24.9 Å². The highest BCUT2D eigenvalue weighted by molar-refractivity contribution is 6.31. The molecular weight excluding hydrogens is 249 g/mol. The minimum Gasteiger partial charge on any atom is -0.310 e. The van der Waals surface area contributed by atoms with Crippen LogP contribution in [0.15, 0.2) is 18.2 Å². The lowest BCUT2D eigenvalue weighted by molar-refractivity contribution is 0.159. The van der Waals surface area contributed by atoms with E-state index in [1.807, 2.05) is 6.07 Å². The van der Waals surface area contributed by atoms with Gasteiger partial charge in [0.2, 0.25) is 0 Å². The second-order valence-electron chi connectivity index (χ2n) is 6.25. The van der Waals surface area contributed by atoms with Crippen molar-refractivity contribution in [3.8, 4) is 0 Å². The first-order valence-corrected chi connectivity index (χ1v) is 6.91. The van der Waals surface area contributed by atoms with Crippen molar-refractivity contribution in [2.24, 2.45) is 5.41 Å². The van der Waals surface area contributed by atoms with E-state index in [4.69, 9.17) is 11.6 Å². The smallest absolute Gasteiger partial charge is 0.142 e. The van der Waals surface area contributed by atoms with Crippen LogP contribution in [0.25, 0.3) is 0 Å².